The lowest BCUT2D eigenvalue weighted by molar-refractivity contribution is 0.409. The molecule has 0 bridgehead atoms. The number of methoxy groups -OCH3 is 1. The maximum Gasteiger partial charge on any atom is 0.191 e. The van der Waals surface area contributed by atoms with E-state index in [9.17, 15) is 0 Å². The second kappa shape index (κ2) is 11.7. The van der Waals surface area contributed by atoms with Crippen molar-refractivity contribution in [2.75, 3.05) is 39.7 Å². The molecule has 27 heavy (non-hydrogen) atoms. The minimum absolute atomic E-state index is 0. The molecule has 0 aliphatic rings. The van der Waals surface area contributed by atoms with Crippen LogP contribution in [0, 0.1) is 6.92 Å². The van der Waals surface area contributed by atoms with Crippen LogP contribution in [0.2, 0.25) is 0 Å². The van der Waals surface area contributed by atoms with E-state index in [2.05, 4.69) is 63.8 Å². The number of hydrogen-bond donors (Lipinski definition) is 2. The first-order valence-corrected chi connectivity index (χ1v) is 8.87. The first kappa shape index (κ1) is 23.1. The number of ether oxygens (including phenoxy) is 1. The Morgan fingerprint density at radius 1 is 1.07 bits per heavy atom. The monoisotopic (exact) mass is 482 g/mol. The summed E-state index contributed by atoms with van der Waals surface area (Å²) in [7, 11) is 7.59. The van der Waals surface area contributed by atoms with E-state index in [1.807, 2.05) is 20.2 Å². The van der Waals surface area contributed by atoms with E-state index in [-0.39, 0.29) is 24.0 Å². The summed E-state index contributed by atoms with van der Waals surface area (Å²) in [6.45, 7) is 3.62. The molecule has 0 aliphatic carbocycles. The number of aliphatic imine (C=N–C) groups is 1. The van der Waals surface area contributed by atoms with E-state index in [1.165, 1.54) is 22.4 Å². The molecule has 2 aromatic rings. The third-order valence-electron chi connectivity index (χ3n) is 4.26. The van der Waals surface area contributed by atoms with Gasteiger partial charge in [-0.15, -0.1) is 24.0 Å². The molecule has 2 aromatic carbocycles. The summed E-state index contributed by atoms with van der Waals surface area (Å²) in [5, 5.41) is 6.72. The summed E-state index contributed by atoms with van der Waals surface area (Å²) in [5.74, 6) is 1.73. The maximum absolute atomic E-state index is 5.44. The van der Waals surface area contributed by atoms with Crippen molar-refractivity contribution in [3.05, 3.63) is 59.2 Å². The molecular formula is C21H31IN4O. The molecule has 0 aromatic heterocycles. The van der Waals surface area contributed by atoms with E-state index >= 15 is 0 Å². The van der Waals surface area contributed by atoms with Crippen LogP contribution in [0.25, 0.3) is 0 Å². The zero-order chi connectivity index (χ0) is 18.9. The number of rotatable bonds is 7. The third-order valence-corrected chi connectivity index (χ3v) is 4.26. The zero-order valence-electron chi connectivity index (χ0n) is 16.9. The van der Waals surface area contributed by atoms with E-state index in [4.69, 9.17) is 4.74 Å². The average Bonchev–Trinajstić information content (AvgIpc) is 2.65. The largest absolute Gasteiger partial charge is 0.496 e. The van der Waals surface area contributed by atoms with Crippen molar-refractivity contribution >= 4 is 35.6 Å². The molecule has 0 heterocycles. The number of nitrogens with zero attached hydrogens (tertiary/aromatic N) is 2. The van der Waals surface area contributed by atoms with Crippen molar-refractivity contribution in [1.29, 1.82) is 0 Å². The summed E-state index contributed by atoms with van der Waals surface area (Å²) in [4.78, 5) is 6.39. The molecule has 0 aliphatic heterocycles. The highest BCUT2D eigenvalue weighted by Gasteiger charge is 2.04. The molecule has 0 amide bonds. The molecule has 2 rings (SSSR count). The smallest absolute Gasteiger partial charge is 0.191 e. The first-order chi connectivity index (χ1) is 12.5. The van der Waals surface area contributed by atoms with Gasteiger partial charge in [-0.3, -0.25) is 4.99 Å². The van der Waals surface area contributed by atoms with Crippen molar-refractivity contribution in [2.45, 2.75) is 19.9 Å². The number of halogens is 1. The van der Waals surface area contributed by atoms with Gasteiger partial charge in [-0.1, -0.05) is 29.8 Å². The molecule has 2 N–H and O–H groups in total. The molecule has 0 radical (unpaired) electrons. The van der Waals surface area contributed by atoms with Crippen LogP contribution < -0.4 is 20.3 Å². The molecule has 5 nitrogen and oxygen atoms in total. The highest BCUT2D eigenvalue weighted by molar-refractivity contribution is 14.0. The van der Waals surface area contributed by atoms with Gasteiger partial charge in [0.2, 0.25) is 0 Å². The van der Waals surface area contributed by atoms with Gasteiger partial charge in [-0.05, 0) is 42.7 Å². The maximum atomic E-state index is 5.44. The quantitative estimate of drug-likeness (QED) is 0.360. The summed E-state index contributed by atoms with van der Waals surface area (Å²) < 4.78 is 5.44. The Morgan fingerprint density at radius 3 is 2.37 bits per heavy atom. The van der Waals surface area contributed by atoms with Crippen LogP contribution in [0.4, 0.5) is 5.69 Å². The second-order valence-corrected chi connectivity index (χ2v) is 6.48. The fraction of sp³-hybridized carbons (Fsp3) is 0.381. The summed E-state index contributed by atoms with van der Waals surface area (Å²) >= 11 is 0. The molecule has 0 saturated heterocycles. The third kappa shape index (κ3) is 7.28. The second-order valence-electron chi connectivity index (χ2n) is 6.48. The minimum atomic E-state index is 0. The number of aryl methyl sites for hydroxylation is 1. The van der Waals surface area contributed by atoms with Gasteiger partial charge in [0.05, 0.1) is 7.11 Å². The van der Waals surface area contributed by atoms with Gasteiger partial charge < -0.3 is 20.3 Å². The normalized spacial score (nSPS) is 10.8. The highest BCUT2D eigenvalue weighted by atomic mass is 127. The van der Waals surface area contributed by atoms with Crippen LogP contribution in [0.3, 0.4) is 0 Å². The lowest BCUT2D eigenvalue weighted by atomic mass is 10.1. The Balaban J connectivity index is 0.00000364. The molecule has 0 atom stereocenters. The summed E-state index contributed by atoms with van der Waals surface area (Å²) in [5.41, 5.74) is 4.86. The number of guanidine groups is 1. The molecule has 0 fully saturated rings. The fourth-order valence-corrected chi connectivity index (χ4v) is 2.74. The van der Waals surface area contributed by atoms with E-state index in [0.717, 1.165) is 31.2 Å². The lowest BCUT2D eigenvalue weighted by Gasteiger charge is -2.15. The Labute approximate surface area is 180 Å². The number of benzene rings is 2. The summed E-state index contributed by atoms with van der Waals surface area (Å²) in [6.07, 6.45) is 0.878. The fourth-order valence-electron chi connectivity index (χ4n) is 2.74. The Bertz CT molecular complexity index is 729. The van der Waals surface area contributed by atoms with Crippen LogP contribution in [-0.4, -0.2) is 40.8 Å². The van der Waals surface area contributed by atoms with E-state index in [0.29, 0.717) is 0 Å². The summed E-state index contributed by atoms with van der Waals surface area (Å²) in [6, 6.07) is 14.8. The first-order valence-electron chi connectivity index (χ1n) is 8.87. The Morgan fingerprint density at radius 2 is 1.78 bits per heavy atom. The molecule has 6 heteroatoms. The van der Waals surface area contributed by atoms with Gasteiger partial charge in [0.25, 0.3) is 0 Å². The van der Waals surface area contributed by atoms with E-state index < -0.39 is 0 Å². The van der Waals surface area contributed by atoms with Gasteiger partial charge >= 0.3 is 0 Å². The Kier molecular flexibility index (Phi) is 9.99. The number of anilines is 1. The number of hydrogen-bond acceptors (Lipinski definition) is 3. The molecule has 148 valence electrons. The van der Waals surface area contributed by atoms with Gasteiger partial charge in [-0.25, -0.2) is 0 Å². The molecule has 0 saturated carbocycles. The van der Waals surface area contributed by atoms with Gasteiger partial charge in [0, 0.05) is 39.9 Å². The van der Waals surface area contributed by atoms with Crippen molar-refractivity contribution in [3.63, 3.8) is 0 Å². The van der Waals surface area contributed by atoms with Crippen molar-refractivity contribution in [3.8, 4) is 5.75 Å². The highest BCUT2D eigenvalue weighted by Crippen LogP contribution is 2.19. The zero-order valence-corrected chi connectivity index (χ0v) is 19.2. The van der Waals surface area contributed by atoms with Gasteiger partial charge in [0.1, 0.15) is 5.75 Å². The van der Waals surface area contributed by atoms with Gasteiger partial charge in [-0.2, -0.15) is 0 Å². The number of nitrogens with one attached hydrogen (secondary N) is 2. The molecular weight excluding hydrogens is 451 g/mol. The SMILES string of the molecule is CN=C(NCCc1cc(C)ccc1OC)NCc1ccc(N(C)C)cc1.I. The van der Waals surface area contributed by atoms with Crippen molar-refractivity contribution in [2.24, 2.45) is 4.99 Å². The standard InChI is InChI=1S/C21H30N4O.HI/c1-16-6-11-20(26-5)18(14-16)12-13-23-21(22-2)24-15-17-7-9-19(10-8-17)25(3)4;/h6-11,14H,12-13,15H2,1-5H3,(H2,22,23,24);1H. The van der Waals surface area contributed by atoms with E-state index in [1.54, 1.807) is 14.2 Å². The topological polar surface area (TPSA) is 48.9 Å². The molecule has 0 spiro atoms. The predicted molar refractivity (Wildman–Crippen MR) is 126 cm³/mol. The van der Waals surface area contributed by atoms with Crippen LogP contribution in [-0.2, 0) is 13.0 Å². The minimum Gasteiger partial charge on any atom is -0.496 e. The van der Waals surface area contributed by atoms with Crippen LogP contribution in [0.5, 0.6) is 5.75 Å². The van der Waals surface area contributed by atoms with Crippen LogP contribution >= 0.6 is 24.0 Å². The Hall–Kier alpha value is -1.96. The lowest BCUT2D eigenvalue weighted by Crippen LogP contribution is -2.37. The predicted octanol–water partition coefficient (Wildman–Crippen LogP) is 3.60. The van der Waals surface area contributed by atoms with Crippen molar-refractivity contribution < 1.29 is 4.74 Å². The van der Waals surface area contributed by atoms with Crippen molar-refractivity contribution in [1.82, 2.24) is 10.6 Å². The van der Waals surface area contributed by atoms with Crippen LogP contribution in [0.1, 0.15) is 16.7 Å². The molecule has 0 unspecified atom stereocenters. The van der Waals surface area contributed by atoms with Gasteiger partial charge in [0.15, 0.2) is 5.96 Å². The average molecular weight is 482 g/mol. The van der Waals surface area contributed by atoms with Crippen LogP contribution in [0.15, 0.2) is 47.5 Å².